The summed E-state index contributed by atoms with van der Waals surface area (Å²) in [5.41, 5.74) is 2.63. The van der Waals surface area contributed by atoms with E-state index in [0.29, 0.717) is 35.6 Å². The molecule has 2 saturated heterocycles. The van der Waals surface area contributed by atoms with Crippen LogP contribution in [-0.2, 0) is 22.4 Å². The fraction of sp³-hybridized carbons (Fsp3) is 0.440. The van der Waals surface area contributed by atoms with E-state index in [1.807, 2.05) is 0 Å². The van der Waals surface area contributed by atoms with Gasteiger partial charge in [-0.25, -0.2) is 9.37 Å². The van der Waals surface area contributed by atoms with Crippen LogP contribution in [0.3, 0.4) is 0 Å². The molecule has 0 amide bonds. The minimum absolute atomic E-state index is 0.0188. The second kappa shape index (κ2) is 8.95. The second-order valence-electron chi connectivity index (χ2n) is 8.91. The highest BCUT2D eigenvalue weighted by atomic mass is 19.1. The summed E-state index contributed by atoms with van der Waals surface area (Å²) in [6.45, 7) is 3.36. The van der Waals surface area contributed by atoms with Gasteiger partial charge in [0.1, 0.15) is 23.6 Å². The number of fused-ring (bicyclic) bond motifs is 2. The fourth-order valence-electron chi connectivity index (χ4n) is 4.71. The summed E-state index contributed by atoms with van der Waals surface area (Å²) in [6.07, 6.45) is 1.04. The molecule has 3 aromatic rings. The lowest BCUT2D eigenvalue weighted by atomic mass is 9.89. The molecule has 0 saturated carbocycles. The average molecular weight is 454 g/mol. The molecule has 0 unspecified atom stereocenters. The minimum Gasteiger partial charge on any atom is -0.481 e. The number of hydrogen-bond acceptors (Lipinski definition) is 7. The van der Waals surface area contributed by atoms with Crippen LogP contribution in [-0.4, -0.2) is 59.2 Å². The van der Waals surface area contributed by atoms with E-state index < -0.39 is 17.5 Å². The van der Waals surface area contributed by atoms with Crippen LogP contribution in [0.15, 0.2) is 42.6 Å². The van der Waals surface area contributed by atoms with Gasteiger partial charge in [0.25, 0.3) is 0 Å². The molecule has 2 fully saturated rings. The van der Waals surface area contributed by atoms with Crippen LogP contribution in [0, 0.1) is 12.7 Å². The molecule has 0 radical (unpaired) electrons. The topological polar surface area (TPSA) is 85.7 Å². The maximum Gasteiger partial charge on any atom is 0.213 e. The predicted octanol–water partition coefficient (Wildman–Crippen LogP) is 2.71. The summed E-state index contributed by atoms with van der Waals surface area (Å²) in [5.74, 6) is -0.0620. The van der Waals surface area contributed by atoms with Crippen LogP contribution in [0.5, 0.6) is 5.88 Å². The van der Waals surface area contributed by atoms with Gasteiger partial charge >= 0.3 is 0 Å². The molecule has 8 heteroatoms. The van der Waals surface area contributed by atoms with Gasteiger partial charge in [-0.15, -0.1) is 0 Å². The molecule has 2 aromatic heterocycles. The van der Waals surface area contributed by atoms with Gasteiger partial charge in [-0.1, -0.05) is 29.8 Å². The highest BCUT2D eigenvalue weighted by Gasteiger charge is 2.55. The van der Waals surface area contributed by atoms with Gasteiger partial charge in [0, 0.05) is 18.2 Å². The molecule has 0 spiro atoms. The van der Waals surface area contributed by atoms with E-state index in [9.17, 15) is 9.50 Å². The van der Waals surface area contributed by atoms with E-state index in [4.69, 9.17) is 14.2 Å². The zero-order valence-corrected chi connectivity index (χ0v) is 18.8. The van der Waals surface area contributed by atoms with Crippen LogP contribution in [0.25, 0.3) is 11.0 Å². The minimum atomic E-state index is -1.20. The zero-order chi connectivity index (χ0) is 23.0. The number of methoxy groups -OCH3 is 1. The van der Waals surface area contributed by atoms with Gasteiger partial charge in [-0.3, -0.25) is 4.98 Å². The molecular formula is C25H28FN3O4. The lowest BCUT2D eigenvalue weighted by Gasteiger charge is -2.27. The Morgan fingerprint density at radius 3 is 2.82 bits per heavy atom. The molecule has 33 heavy (non-hydrogen) atoms. The third-order valence-corrected chi connectivity index (χ3v) is 6.65. The molecule has 7 nitrogen and oxygen atoms in total. The number of rotatable bonds is 7. The Balaban J connectivity index is 1.27. The first-order valence-electron chi connectivity index (χ1n) is 11.2. The normalized spacial score (nSPS) is 26.6. The van der Waals surface area contributed by atoms with E-state index in [1.54, 1.807) is 12.1 Å². The maximum atomic E-state index is 14.7. The maximum absolute atomic E-state index is 14.7. The van der Waals surface area contributed by atoms with Gasteiger partial charge in [-0.05, 0) is 31.4 Å². The number of aromatic nitrogens is 2. The number of nitrogens with zero attached hydrogens (tertiary/aromatic N) is 2. The lowest BCUT2D eigenvalue weighted by molar-refractivity contribution is -0.0698. The summed E-state index contributed by atoms with van der Waals surface area (Å²) in [4.78, 5) is 8.49. The highest BCUT2D eigenvalue weighted by Crippen LogP contribution is 2.38. The molecule has 4 heterocycles. The van der Waals surface area contributed by atoms with Crippen LogP contribution in [0.1, 0.15) is 23.1 Å². The summed E-state index contributed by atoms with van der Waals surface area (Å²) in [6, 6.07) is 11.8. The van der Waals surface area contributed by atoms with Crippen molar-refractivity contribution in [3.8, 4) is 5.88 Å². The first-order valence-corrected chi connectivity index (χ1v) is 11.2. The smallest absolute Gasteiger partial charge is 0.213 e. The molecule has 2 aliphatic heterocycles. The number of aryl methyl sites for hydroxylation is 2. The molecule has 1 aromatic carbocycles. The summed E-state index contributed by atoms with van der Waals surface area (Å²) >= 11 is 0. The summed E-state index contributed by atoms with van der Waals surface area (Å²) in [5, 5.41) is 14.9. The summed E-state index contributed by atoms with van der Waals surface area (Å²) < 4.78 is 31.8. The van der Waals surface area contributed by atoms with Crippen LogP contribution >= 0.6 is 0 Å². The molecule has 4 atom stereocenters. The van der Waals surface area contributed by atoms with Gasteiger partial charge in [0.05, 0.1) is 43.6 Å². The Hall–Kier alpha value is -2.65. The molecule has 0 bridgehead atoms. The number of nitrogens with one attached hydrogen (secondary N) is 1. The van der Waals surface area contributed by atoms with Crippen molar-refractivity contribution >= 4 is 11.0 Å². The van der Waals surface area contributed by atoms with E-state index in [-0.39, 0.29) is 31.6 Å². The van der Waals surface area contributed by atoms with E-state index >= 15 is 0 Å². The SMILES string of the molecule is COc1ccc2ncc(F)c(CC[C@@]3(O)CO[C@@H]4[C@@H](NCc5ccc(C)cc5)CO[C@@H]43)c2n1. The lowest BCUT2D eigenvalue weighted by Crippen LogP contribution is -2.45. The number of hydrogen-bond donors (Lipinski definition) is 2. The van der Waals surface area contributed by atoms with Crippen molar-refractivity contribution in [3.05, 3.63) is 65.1 Å². The van der Waals surface area contributed by atoms with Gasteiger partial charge in [-0.2, -0.15) is 0 Å². The quantitative estimate of drug-likeness (QED) is 0.569. The standard InChI is InChI=1S/C25H28FN3O4/c1-15-3-5-16(6-4-15)11-27-20-13-32-24-23(20)33-14-25(24,30)10-9-17-18(26)12-28-19-7-8-21(31-2)29-22(17)19/h3-8,12,20,23-24,27,30H,9-11,13-14H2,1-2H3/t20-,23+,24-,25+/m0/s1. The first-order chi connectivity index (χ1) is 16.0. The van der Waals surface area contributed by atoms with E-state index in [2.05, 4.69) is 46.5 Å². The van der Waals surface area contributed by atoms with E-state index in [0.717, 1.165) is 0 Å². The summed E-state index contributed by atoms with van der Waals surface area (Å²) in [7, 11) is 1.51. The Morgan fingerprint density at radius 2 is 2.03 bits per heavy atom. The van der Waals surface area contributed by atoms with Crippen LogP contribution < -0.4 is 10.1 Å². The van der Waals surface area contributed by atoms with Crippen molar-refractivity contribution in [2.75, 3.05) is 20.3 Å². The molecule has 2 N–H and O–H groups in total. The Kier molecular flexibility index (Phi) is 6.01. The monoisotopic (exact) mass is 453 g/mol. The van der Waals surface area contributed by atoms with Gasteiger partial charge in [0.2, 0.25) is 5.88 Å². The third kappa shape index (κ3) is 4.31. The van der Waals surface area contributed by atoms with E-state index in [1.165, 1.54) is 24.4 Å². The number of benzene rings is 1. The largest absolute Gasteiger partial charge is 0.481 e. The van der Waals surface area contributed by atoms with Crippen molar-refractivity contribution < 1.29 is 23.7 Å². The Bertz CT molecular complexity index is 1140. The average Bonchev–Trinajstić information content (AvgIpc) is 3.39. The third-order valence-electron chi connectivity index (χ3n) is 6.65. The Morgan fingerprint density at radius 1 is 1.21 bits per heavy atom. The van der Waals surface area contributed by atoms with Crippen molar-refractivity contribution in [1.82, 2.24) is 15.3 Å². The van der Waals surface area contributed by atoms with Gasteiger partial charge in [0.15, 0.2) is 0 Å². The van der Waals surface area contributed by atoms with Crippen LogP contribution in [0.2, 0.25) is 0 Å². The second-order valence-corrected chi connectivity index (χ2v) is 8.91. The van der Waals surface area contributed by atoms with Crippen molar-refractivity contribution in [2.45, 2.75) is 50.2 Å². The Labute approximate surface area is 191 Å². The fourth-order valence-corrected chi connectivity index (χ4v) is 4.71. The number of aliphatic hydroxyl groups is 1. The zero-order valence-electron chi connectivity index (χ0n) is 18.8. The van der Waals surface area contributed by atoms with Crippen molar-refractivity contribution in [1.29, 1.82) is 0 Å². The van der Waals surface area contributed by atoms with Crippen LogP contribution in [0.4, 0.5) is 4.39 Å². The number of halogens is 1. The highest BCUT2D eigenvalue weighted by molar-refractivity contribution is 5.78. The predicted molar refractivity (Wildman–Crippen MR) is 121 cm³/mol. The molecule has 2 aliphatic rings. The van der Waals surface area contributed by atoms with Crippen molar-refractivity contribution in [3.63, 3.8) is 0 Å². The number of pyridine rings is 2. The molecule has 174 valence electrons. The molecule has 0 aliphatic carbocycles. The first kappa shape index (κ1) is 22.2. The van der Waals surface area contributed by atoms with Gasteiger partial charge < -0.3 is 24.6 Å². The molecular weight excluding hydrogens is 425 g/mol. The molecule has 5 rings (SSSR count). The number of ether oxygens (including phenoxy) is 3. The van der Waals surface area contributed by atoms with Crippen molar-refractivity contribution in [2.24, 2.45) is 0 Å².